The fraction of sp³-hybridized carbons (Fsp3) is 0.207. The first-order valence-electron chi connectivity index (χ1n) is 12.3. The molecule has 186 valence electrons. The van der Waals surface area contributed by atoms with Gasteiger partial charge in [0, 0.05) is 41.3 Å². The van der Waals surface area contributed by atoms with E-state index < -0.39 is 6.17 Å². The molecule has 3 aromatic carbocycles. The van der Waals surface area contributed by atoms with Crippen molar-refractivity contribution < 1.29 is 19.1 Å². The Balaban J connectivity index is 1.15. The van der Waals surface area contributed by atoms with Crippen molar-refractivity contribution in [1.82, 2.24) is 14.8 Å². The Morgan fingerprint density at radius 2 is 1.73 bits per heavy atom. The van der Waals surface area contributed by atoms with Crippen LogP contribution < -0.4 is 15.0 Å². The molecule has 0 unspecified atom stereocenters. The molecule has 0 spiro atoms. The van der Waals surface area contributed by atoms with E-state index >= 15 is 0 Å². The van der Waals surface area contributed by atoms with Gasteiger partial charge in [-0.15, -0.1) is 0 Å². The van der Waals surface area contributed by atoms with Crippen molar-refractivity contribution >= 4 is 34.3 Å². The molecule has 0 saturated heterocycles. The maximum absolute atomic E-state index is 13.5. The summed E-state index contributed by atoms with van der Waals surface area (Å²) >= 11 is 0. The zero-order chi connectivity index (χ0) is 25.5. The van der Waals surface area contributed by atoms with Gasteiger partial charge in [-0.1, -0.05) is 30.3 Å². The number of hydrogen-bond acceptors (Lipinski definition) is 4. The summed E-state index contributed by atoms with van der Waals surface area (Å²) in [4.78, 5) is 42.8. The van der Waals surface area contributed by atoms with Gasteiger partial charge in [0.1, 0.15) is 18.5 Å². The van der Waals surface area contributed by atoms with Crippen LogP contribution in [0.5, 0.6) is 5.75 Å². The van der Waals surface area contributed by atoms with E-state index in [2.05, 4.69) is 9.88 Å². The van der Waals surface area contributed by atoms with Crippen LogP contribution in [0.3, 0.4) is 0 Å². The van der Waals surface area contributed by atoms with Gasteiger partial charge in [-0.2, -0.15) is 0 Å². The summed E-state index contributed by atoms with van der Waals surface area (Å²) in [7, 11) is 1.65. The first-order chi connectivity index (χ1) is 18.1. The van der Waals surface area contributed by atoms with Crippen molar-refractivity contribution in [3.8, 4) is 5.75 Å². The minimum Gasteiger partial charge on any atom is -0.497 e. The van der Waals surface area contributed by atoms with E-state index in [0.717, 1.165) is 35.2 Å². The van der Waals surface area contributed by atoms with Crippen molar-refractivity contribution in [2.24, 2.45) is 0 Å². The van der Waals surface area contributed by atoms with Crippen LogP contribution in [0.1, 0.15) is 38.9 Å². The number of aryl methyl sites for hydroxylation is 1. The molecule has 0 saturated carbocycles. The Kier molecular flexibility index (Phi) is 5.64. The summed E-state index contributed by atoms with van der Waals surface area (Å²) in [6.07, 6.45) is 2.12. The smallest absolute Gasteiger partial charge is 0.260 e. The molecule has 6 rings (SSSR count). The highest BCUT2D eigenvalue weighted by molar-refractivity contribution is 6.17. The lowest BCUT2D eigenvalue weighted by molar-refractivity contribution is -0.122. The summed E-state index contributed by atoms with van der Waals surface area (Å²) < 4.78 is 7.43. The van der Waals surface area contributed by atoms with E-state index in [0.29, 0.717) is 23.4 Å². The lowest BCUT2D eigenvalue weighted by Crippen LogP contribution is -2.51. The standard InChI is InChI=1S/C29H26N4O4/c1-37-20-11-12-24-19(17-20)13-16-31(24)15-6-14-30-26(34)18-32-27-21-7-2-3-8-22(21)29(36)33(27)25-10-5-4-9-23(25)28(32)35/h2-5,7-13,16-17,27H,6,14-15,18H2,1H3,(H,30,34)/t27-/m1/s1. The van der Waals surface area contributed by atoms with Gasteiger partial charge in [-0.25, -0.2) is 0 Å². The zero-order valence-electron chi connectivity index (χ0n) is 20.4. The number of fused-ring (bicyclic) bond motifs is 6. The number of anilines is 1. The summed E-state index contributed by atoms with van der Waals surface area (Å²) in [5, 5.41) is 4.05. The lowest BCUT2D eigenvalue weighted by atomic mass is 10.0. The Bertz CT molecular complexity index is 1540. The van der Waals surface area contributed by atoms with Gasteiger partial charge in [0.05, 0.1) is 18.4 Å². The minimum atomic E-state index is -0.639. The molecule has 3 heterocycles. The molecule has 1 N–H and O–H groups in total. The van der Waals surface area contributed by atoms with Gasteiger partial charge < -0.3 is 19.5 Å². The molecule has 2 aliphatic heterocycles. The van der Waals surface area contributed by atoms with Crippen molar-refractivity contribution in [3.63, 3.8) is 0 Å². The van der Waals surface area contributed by atoms with Gasteiger partial charge >= 0.3 is 0 Å². The number of rotatable bonds is 7. The van der Waals surface area contributed by atoms with E-state index in [4.69, 9.17) is 4.74 Å². The van der Waals surface area contributed by atoms with Crippen LogP contribution in [-0.2, 0) is 11.3 Å². The number of para-hydroxylation sites is 1. The van der Waals surface area contributed by atoms with Gasteiger partial charge in [0.15, 0.2) is 0 Å². The average molecular weight is 495 g/mol. The quantitative estimate of drug-likeness (QED) is 0.394. The number of hydrogen-bond donors (Lipinski definition) is 1. The van der Waals surface area contributed by atoms with Crippen molar-refractivity contribution in [3.05, 3.63) is 95.7 Å². The third-order valence-electron chi connectivity index (χ3n) is 7.07. The van der Waals surface area contributed by atoms with Crippen molar-refractivity contribution in [2.45, 2.75) is 19.1 Å². The van der Waals surface area contributed by atoms with E-state index in [1.165, 1.54) is 4.90 Å². The fourth-order valence-electron chi connectivity index (χ4n) is 5.32. The van der Waals surface area contributed by atoms with E-state index in [1.54, 1.807) is 36.3 Å². The normalized spacial score (nSPS) is 16.0. The Hall–Kier alpha value is -4.59. The van der Waals surface area contributed by atoms with Crippen LogP contribution in [0.25, 0.3) is 10.9 Å². The van der Waals surface area contributed by atoms with Gasteiger partial charge in [-0.05, 0) is 48.9 Å². The monoisotopic (exact) mass is 494 g/mol. The highest BCUT2D eigenvalue weighted by atomic mass is 16.5. The summed E-state index contributed by atoms with van der Waals surface area (Å²) in [5.74, 6) is 0.137. The Labute approximate surface area is 214 Å². The fourth-order valence-corrected chi connectivity index (χ4v) is 5.32. The van der Waals surface area contributed by atoms with E-state index in [1.807, 2.05) is 54.7 Å². The lowest BCUT2D eigenvalue weighted by Gasteiger charge is -2.40. The first kappa shape index (κ1) is 22.8. The van der Waals surface area contributed by atoms with E-state index in [-0.39, 0.29) is 24.3 Å². The zero-order valence-corrected chi connectivity index (χ0v) is 20.4. The molecule has 0 aliphatic carbocycles. The van der Waals surface area contributed by atoms with Gasteiger partial charge in [0.25, 0.3) is 11.8 Å². The highest BCUT2D eigenvalue weighted by Crippen LogP contribution is 2.44. The molecule has 8 nitrogen and oxygen atoms in total. The molecule has 8 heteroatoms. The molecule has 2 aliphatic rings. The van der Waals surface area contributed by atoms with Crippen molar-refractivity contribution in [1.29, 1.82) is 0 Å². The van der Waals surface area contributed by atoms with Crippen LogP contribution in [0, 0.1) is 0 Å². The molecular weight excluding hydrogens is 468 g/mol. The number of aromatic nitrogens is 1. The molecule has 37 heavy (non-hydrogen) atoms. The van der Waals surface area contributed by atoms with Crippen LogP contribution in [-0.4, -0.2) is 47.4 Å². The molecule has 0 bridgehead atoms. The SMILES string of the molecule is COc1ccc2c(ccn2CCCNC(=O)CN2C(=O)c3ccccc3N3C(=O)c4ccccc4[C@H]23)c1. The molecule has 3 amide bonds. The number of methoxy groups -OCH3 is 1. The molecule has 0 fully saturated rings. The molecule has 4 aromatic rings. The average Bonchev–Trinajstić information content (AvgIpc) is 3.47. The van der Waals surface area contributed by atoms with E-state index in [9.17, 15) is 14.4 Å². The summed E-state index contributed by atoms with van der Waals surface area (Å²) in [6, 6.07) is 22.3. The third kappa shape index (κ3) is 3.81. The molecule has 0 radical (unpaired) electrons. The summed E-state index contributed by atoms with van der Waals surface area (Å²) in [6.45, 7) is 1.07. The van der Waals surface area contributed by atoms with Gasteiger partial charge in [0.2, 0.25) is 5.91 Å². The molecular formula is C29H26N4O4. The Morgan fingerprint density at radius 1 is 0.946 bits per heavy atom. The molecule has 1 aromatic heterocycles. The number of carbonyl (C=O) groups is 3. The highest BCUT2D eigenvalue weighted by Gasteiger charge is 2.47. The number of ether oxygens (including phenoxy) is 1. The summed E-state index contributed by atoms with van der Waals surface area (Å²) in [5.41, 5.74) is 3.39. The topological polar surface area (TPSA) is 83.9 Å². The second-order valence-corrected chi connectivity index (χ2v) is 9.22. The van der Waals surface area contributed by atoms with Crippen LogP contribution >= 0.6 is 0 Å². The van der Waals surface area contributed by atoms with Gasteiger partial charge in [-0.3, -0.25) is 19.3 Å². The third-order valence-corrected chi connectivity index (χ3v) is 7.07. The molecule has 1 atom stereocenters. The minimum absolute atomic E-state index is 0.137. The van der Waals surface area contributed by atoms with Crippen LogP contribution in [0.15, 0.2) is 79.0 Å². The number of nitrogens with zero attached hydrogens (tertiary/aromatic N) is 3. The number of benzene rings is 3. The largest absolute Gasteiger partial charge is 0.497 e. The van der Waals surface area contributed by atoms with Crippen molar-refractivity contribution in [2.75, 3.05) is 25.1 Å². The predicted octanol–water partition coefficient (Wildman–Crippen LogP) is 3.97. The number of amides is 3. The maximum atomic E-state index is 13.5. The second-order valence-electron chi connectivity index (χ2n) is 9.22. The first-order valence-corrected chi connectivity index (χ1v) is 12.3. The maximum Gasteiger partial charge on any atom is 0.260 e. The van der Waals surface area contributed by atoms with Crippen LogP contribution in [0.4, 0.5) is 5.69 Å². The Morgan fingerprint density at radius 3 is 2.57 bits per heavy atom. The number of carbonyl (C=O) groups excluding carboxylic acids is 3. The number of nitrogens with one attached hydrogen (secondary N) is 1. The second kappa shape index (κ2) is 9.13. The predicted molar refractivity (Wildman–Crippen MR) is 140 cm³/mol. The van der Waals surface area contributed by atoms with Crippen LogP contribution in [0.2, 0.25) is 0 Å².